The smallest absolute Gasteiger partial charge is 0.387 e. The molecule has 1 saturated heterocycles. The highest BCUT2D eigenvalue weighted by atomic mass is 31.2. The van der Waals surface area contributed by atoms with Crippen molar-refractivity contribution in [3.8, 4) is 0 Å². The maximum Gasteiger partial charge on any atom is 0.529 e. The highest BCUT2D eigenvalue weighted by Gasteiger charge is 2.45. The number of nitrogens with two attached hydrogens (primary N) is 1. The topological polar surface area (TPSA) is 192 Å². The number of carbonyl (C=O) groups excluding carboxylic acids is 1. The molecular formula is C12H16N5O8P. The van der Waals surface area contributed by atoms with Crippen molar-refractivity contribution in [2.45, 2.75) is 31.5 Å². The number of carbonyl (C=O) groups is 1. The van der Waals surface area contributed by atoms with Gasteiger partial charge in [0.05, 0.1) is 12.9 Å². The van der Waals surface area contributed by atoms with E-state index in [1.54, 1.807) is 0 Å². The minimum atomic E-state index is -4.65. The number of aliphatic hydroxyl groups is 2. The van der Waals surface area contributed by atoms with Crippen LogP contribution in [-0.4, -0.2) is 65.5 Å². The molecule has 0 saturated carbocycles. The summed E-state index contributed by atoms with van der Waals surface area (Å²) in [6.45, 7) is 0.324. The number of anilines is 1. The third-order valence-corrected chi connectivity index (χ3v) is 4.61. The van der Waals surface area contributed by atoms with Gasteiger partial charge in [-0.3, -0.25) is 18.8 Å². The molecule has 2 aromatic rings. The molecular weight excluding hydrogens is 373 g/mol. The third kappa shape index (κ3) is 3.53. The van der Waals surface area contributed by atoms with Crippen molar-refractivity contribution in [2.24, 2.45) is 0 Å². The van der Waals surface area contributed by atoms with Crippen LogP contribution in [0, 0.1) is 0 Å². The number of nitrogens with zero attached hydrogens (tertiary/aromatic N) is 4. The van der Waals surface area contributed by atoms with Crippen LogP contribution in [0.25, 0.3) is 11.2 Å². The molecule has 1 unspecified atom stereocenters. The first-order valence-corrected chi connectivity index (χ1v) is 8.81. The minimum Gasteiger partial charge on any atom is -0.387 e. The predicted molar refractivity (Wildman–Crippen MR) is 83.2 cm³/mol. The molecule has 1 aliphatic heterocycles. The molecule has 1 aliphatic rings. The number of phosphoric acid groups is 1. The Bertz CT molecular complexity index is 874. The van der Waals surface area contributed by atoms with Crippen LogP contribution in [0.1, 0.15) is 13.2 Å². The molecule has 0 amide bonds. The van der Waals surface area contributed by atoms with Crippen molar-refractivity contribution < 1.29 is 38.3 Å². The zero-order chi connectivity index (χ0) is 19.1. The number of hydrogen-bond acceptors (Lipinski definition) is 11. The fraction of sp³-hybridized carbons (Fsp3) is 0.500. The Labute approximate surface area is 146 Å². The van der Waals surface area contributed by atoms with Gasteiger partial charge in [0.25, 0.3) is 0 Å². The van der Waals surface area contributed by atoms with Crippen LogP contribution in [0.2, 0.25) is 0 Å². The highest BCUT2D eigenvalue weighted by molar-refractivity contribution is 7.48. The number of aliphatic hydroxyl groups excluding tert-OH is 2. The molecule has 13 nitrogen and oxygen atoms in total. The number of ether oxygens (including phenoxy) is 1. The van der Waals surface area contributed by atoms with Crippen LogP contribution in [-0.2, 0) is 23.1 Å². The van der Waals surface area contributed by atoms with Crippen molar-refractivity contribution in [1.29, 1.82) is 0 Å². The van der Waals surface area contributed by atoms with Crippen molar-refractivity contribution >= 4 is 30.8 Å². The van der Waals surface area contributed by atoms with Crippen molar-refractivity contribution in [2.75, 3.05) is 12.3 Å². The Morgan fingerprint density at radius 2 is 2.12 bits per heavy atom. The van der Waals surface area contributed by atoms with E-state index in [9.17, 15) is 24.5 Å². The number of hydrogen-bond donors (Lipinski definition) is 4. The minimum absolute atomic E-state index is 0.129. The Morgan fingerprint density at radius 3 is 2.81 bits per heavy atom. The van der Waals surface area contributed by atoms with Gasteiger partial charge in [-0.25, -0.2) is 19.5 Å². The molecule has 5 N–H and O–H groups in total. The summed E-state index contributed by atoms with van der Waals surface area (Å²) >= 11 is 0. The second kappa shape index (κ2) is 6.87. The molecule has 142 valence electrons. The fourth-order valence-electron chi connectivity index (χ4n) is 2.51. The molecule has 0 radical (unpaired) electrons. The van der Waals surface area contributed by atoms with Crippen LogP contribution < -0.4 is 5.73 Å². The predicted octanol–water partition coefficient (Wildman–Crippen LogP) is -1.29. The fourth-order valence-corrected chi connectivity index (χ4v) is 3.22. The quantitative estimate of drug-likeness (QED) is 0.443. The van der Waals surface area contributed by atoms with Gasteiger partial charge in [0, 0.05) is 6.92 Å². The third-order valence-electron chi connectivity index (χ3n) is 3.64. The Morgan fingerprint density at radius 1 is 1.38 bits per heavy atom. The molecule has 0 aromatic carbocycles. The number of aromatic nitrogens is 4. The molecule has 5 atom stereocenters. The second-order valence-corrected chi connectivity index (χ2v) is 6.85. The van der Waals surface area contributed by atoms with E-state index in [4.69, 9.17) is 10.5 Å². The lowest BCUT2D eigenvalue weighted by atomic mass is 10.1. The average molecular weight is 389 g/mol. The summed E-state index contributed by atoms with van der Waals surface area (Å²) in [7, 11) is -4.65. The zero-order valence-corrected chi connectivity index (χ0v) is 14.3. The Hall–Kier alpha value is -2.15. The van der Waals surface area contributed by atoms with Gasteiger partial charge < -0.3 is 25.2 Å². The lowest BCUT2D eigenvalue weighted by molar-refractivity contribution is -0.133. The van der Waals surface area contributed by atoms with Crippen LogP contribution in [0.15, 0.2) is 12.7 Å². The molecule has 0 bridgehead atoms. The zero-order valence-electron chi connectivity index (χ0n) is 13.4. The molecule has 14 heteroatoms. The van der Waals surface area contributed by atoms with Gasteiger partial charge in [0.2, 0.25) is 0 Å². The maximum absolute atomic E-state index is 11.5. The van der Waals surface area contributed by atoms with E-state index >= 15 is 0 Å². The molecule has 3 rings (SSSR count). The second-order valence-electron chi connectivity index (χ2n) is 5.48. The van der Waals surface area contributed by atoms with E-state index in [0.717, 1.165) is 6.92 Å². The first kappa shape index (κ1) is 18.6. The standard InChI is InChI=1S/C12H16N5O8P/c1-5(18)25-26(21,22)23-2-6-8(19)9(20)12(24-6)17-4-16-7-10(13)14-3-15-11(7)17/h3-4,6,8-9,12,19-20H,2H2,1H3,(H,21,22)(H2,13,14,15)/t6-,8+,9-,12-/m1/s1. The number of imidazole rings is 1. The largest absolute Gasteiger partial charge is 0.529 e. The Kier molecular flexibility index (Phi) is 4.92. The molecule has 2 aromatic heterocycles. The van der Waals surface area contributed by atoms with E-state index in [0.29, 0.717) is 0 Å². The summed E-state index contributed by atoms with van der Waals surface area (Å²) in [4.78, 5) is 31.9. The first-order valence-electron chi connectivity index (χ1n) is 7.31. The van der Waals surface area contributed by atoms with Gasteiger partial charge in [-0.05, 0) is 0 Å². The van der Waals surface area contributed by atoms with Gasteiger partial charge in [-0.15, -0.1) is 0 Å². The molecule has 26 heavy (non-hydrogen) atoms. The summed E-state index contributed by atoms with van der Waals surface area (Å²) in [5.41, 5.74) is 6.24. The molecule has 1 fully saturated rings. The normalized spacial score (nSPS) is 28.2. The van der Waals surface area contributed by atoms with Gasteiger partial charge in [0.15, 0.2) is 17.7 Å². The van der Waals surface area contributed by atoms with Crippen LogP contribution >= 0.6 is 7.82 Å². The highest BCUT2D eigenvalue weighted by Crippen LogP contribution is 2.44. The van der Waals surface area contributed by atoms with E-state index in [1.165, 1.54) is 17.2 Å². The number of nitrogen functional groups attached to an aromatic ring is 1. The van der Waals surface area contributed by atoms with E-state index in [2.05, 4.69) is 24.0 Å². The average Bonchev–Trinajstić information content (AvgIpc) is 3.08. The number of fused-ring (bicyclic) bond motifs is 1. The first-order chi connectivity index (χ1) is 12.2. The number of rotatable bonds is 5. The maximum atomic E-state index is 11.5. The van der Waals surface area contributed by atoms with Crippen LogP contribution in [0.5, 0.6) is 0 Å². The summed E-state index contributed by atoms with van der Waals surface area (Å²) < 4.78 is 27.1. The number of phosphoric ester groups is 1. The van der Waals surface area contributed by atoms with Crippen LogP contribution in [0.4, 0.5) is 5.82 Å². The van der Waals surface area contributed by atoms with E-state index in [-0.39, 0.29) is 17.0 Å². The Balaban J connectivity index is 1.76. The van der Waals surface area contributed by atoms with E-state index in [1.807, 2.05) is 0 Å². The van der Waals surface area contributed by atoms with Gasteiger partial charge in [0.1, 0.15) is 30.2 Å². The van der Waals surface area contributed by atoms with Gasteiger partial charge >= 0.3 is 13.8 Å². The summed E-state index contributed by atoms with van der Waals surface area (Å²) in [5, 5.41) is 20.3. The summed E-state index contributed by atoms with van der Waals surface area (Å²) in [5.74, 6) is -0.881. The molecule has 0 spiro atoms. The summed E-state index contributed by atoms with van der Waals surface area (Å²) in [6.07, 6.45) is -2.64. The van der Waals surface area contributed by atoms with Crippen molar-refractivity contribution in [1.82, 2.24) is 19.5 Å². The lowest BCUT2D eigenvalue weighted by Gasteiger charge is -2.17. The lowest BCUT2D eigenvalue weighted by Crippen LogP contribution is -2.33. The van der Waals surface area contributed by atoms with E-state index < -0.39 is 44.9 Å². The van der Waals surface area contributed by atoms with Crippen molar-refractivity contribution in [3.63, 3.8) is 0 Å². The monoisotopic (exact) mass is 389 g/mol. The molecule has 0 aliphatic carbocycles. The summed E-state index contributed by atoms with van der Waals surface area (Å²) in [6, 6.07) is 0. The van der Waals surface area contributed by atoms with Crippen LogP contribution in [0.3, 0.4) is 0 Å². The van der Waals surface area contributed by atoms with Gasteiger partial charge in [-0.2, -0.15) is 0 Å². The SMILES string of the molecule is CC(=O)OP(=O)(O)OC[C@H]1O[C@@H](n2cnc3c(N)ncnc32)[C@H](O)[C@H]1O. The van der Waals surface area contributed by atoms with Gasteiger partial charge in [-0.1, -0.05) is 0 Å². The molecule has 3 heterocycles. The van der Waals surface area contributed by atoms with Crippen molar-refractivity contribution in [3.05, 3.63) is 12.7 Å².